The average molecular weight is 310 g/mol. The monoisotopic (exact) mass is 310 g/mol. The lowest BCUT2D eigenvalue weighted by atomic mass is 10.2. The molecule has 1 heterocycles. The molecule has 1 aromatic rings. The fraction of sp³-hybridized carbons (Fsp3) is 0.429. The Morgan fingerprint density at radius 3 is 2.57 bits per heavy atom. The fourth-order valence-electron chi connectivity index (χ4n) is 2.23. The molecule has 1 saturated heterocycles. The third kappa shape index (κ3) is 3.41. The van der Waals surface area contributed by atoms with Crippen LogP contribution >= 0.6 is 0 Å². The van der Waals surface area contributed by atoms with Crippen molar-refractivity contribution in [1.82, 2.24) is 4.90 Å². The summed E-state index contributed by atoms with van der Waals surface area (Å²) in [6.45, 7) is 3.56. The molecule has 0 atom stereocenters. The van der Waals surface area contributed by atoms with Crippen LogP contribution in [0.15, 0.2) is 33.6 Å². The van der Waals surface area contributed by atoms with Gasteiger partial charge in [-0.1, -0.05) is 0 Å². The molecule has 2 rings (SSSR count). The summed E-state index contributed by atoms with van der Waals surface area (Å²) in [6, 6.07) is 5.59. The summed E-state index contributed by atoms with van der Waals surface area (Å²) in [7, 11) is -2.47. The average Bonchev–Trinajstić information content (AvgIpc) is 2.93. The molecule has 0 unspecified atom stereocenters. The van der Waals surface area contributed by atoms with Crippen LogP contribution in [0, 0.1) is 0 Å². The number of ether oxygens (including phenoxy) is 1. The standard InChI is InChI=1S/C14H18N2O4S/c1-3-16-10-4-5-13(16)15-21(18,19)12-8-6-11(7-9-12)14(17)20-2/h6-9H,3-5,10H2,1-2H3/b15-13+. The zero-order valence-corrected chi connectivity index (χ0v) is 12.9. The van der Waals surface area contributed by atoms with Crippen LogP contribution in [-0.2, 0) is 14.8 Å². The molecule has 0 radical (unpaired) electrons. The fourth-order valence-corrected chi connectivity index (χ4v) is 3.30. The summed E-state index contributed by atoms with van der Waals surface area (Å²) in [4.78, 5) is 13.4. The third-order valence-corrected chi connectivity index (χ3v) is 4.69. The normalized spacial score (nSPS) is 17.2. The van der Waals surface area contributed by atoms with E-state index in [9.17, 15) is 13.2 Å². The van der Waals surface area contributed by atoms with Crippen molar-refractivity contribution in [3.05, 3.63) is 29.8 Å². The molecule has 0 saturated carbocycles. The molecule has 1 aliphatic rings. The lowest BCUT2D eigenvalue weighted by Gasteiger charge is -2.15. The van der Waals surface area contributed by atoms with Crippen molar-refractivity contribution in [3.8, 4) is 0 Å². The zero-order valence-electron chi connectivity index (χ0n) is 12.1. The van der Waals surface area contributed by atoms with Gasteiger partial charge in [0.05, 0.1) is 17.6 Å². The summed E-state index contributed by atoms with van der Waals surface area (Å²) < 4.78 is 33.0. The van der Waals surface area contributed by atoms with Gasteiger partial charge in [-0.15, -0.1) is 4.40 Å². The number of benzene rings is 1. The lowest BCUT2D eigenvalue weighted by molar-refractivity contribution is 0.0600. The highest BCUT2D eigenvalue weighted by molar-refractivity contribution is 7.90. The number of sulfonamides is 1. The minimum Gasteiger partial charge on any atom is -0.465 e. The van der Waals surface area contributed by atoms with Gasteiger partial charge in [0.25, 0.3) is 10.0 Å². The molecule has 6 nitrogen and oxygen atoms in total. The van der Waals surface area contributed by atoms with E-state index in [-0.39, 0.29) is 4.90 Å². The van der Waals surface area contributed by atoms with Crippen molar-refractivity contribution >= 4 is 21.8 Å². The molecule has 0 aliphatic carbocycles. The second-order valence-corrected chi connectivity index (χ2v) is 6.29. The smallest absolute Gasteiger partial charge is 0.337 e. The van der Waals surface area contributed by atoms with Gasteiger partial charge in [0.2, 0.25) is 0 Å². The Kier molecular flexibility index (Phi) is 4.62. The summed E-state index contributed by atoms with van der Waals surface area (Å²) in [6.07, 6.45) is 1.59. The SMILES string of the molecule is CCN1CCC/C1=N\S(=O)(=O)c1ccc(C(=O)OC)cc1. The number of nitrogens with zero attached hydrogens (tertiary/aromatic N) is 2. The van der Waals surface area contributed by atoms with Gasteiger partial charge >= 0.3 is 5.97 Å². The second kappa shape index (κ2) is 6.26. The Hall–Kier alpha value is -1.89. The topological polar surface area (TPSA) is 76.0 Å². The predicted molar refractivity (Wildman–Crippen MR) is 78.9 cm³/mol. The number of amidine groups is 1. The van der Waals surface area contributed by atoms with Crippen molar-refractivity contribution in [2.45, 2.75) is 24.7 Å². The van der Waals surface area contributed by atoms with Crippen LogP contribution in [0.25, 0.3) is 0 Å². The quantitative estimate of drug-likeness (QED) is 0.791. The van der Waals surface area contributed by atoms with Gasteiger partial charge < -0.3 is 9.64 Å². The van der Waals surface area contributed by atoms with Crippen molar-refractivity contribution < 1.29 is 17.9 Å². The first-order chi connectivity index (χ1) is 9.97. The first-order valence-corrected chi connectivity index (χ1v) is 8.19. The molecule has 1 aromatic carbocycles. The third-order valence-electron chi connectivity index (χ3n) is 3.37. The van der Waals surface area contributed by atoms with E-state index in [1.54, 1.807) is 0 Å². The van der Waals surface area contributed by atoms with Gasteiger partial charge in [-0.3, -0.25) is 0 Å². The number of carbonyl (C=O) groups is 1. The summed E-state index contributed by atoms with van der Waals surface area (Å²) in [5, 5.41) is 0. The Bertz CT molecular complexity index is 650. The second-order valence-electron chi connectivity index (χ2n) is 4.68. The van der Waals surface area contributed by atoms with Crippen LogP contribution in [0.3, 0.4) is 0 Å². The summed E-state index contributed by atoms with van der Waals surface area (Å²) in [5.74, 6) is 0.104. The minimum absolute atomic E-state index is 0.0746. The molecule has 21 heavy (non-hydrogen) atoms. The predicted octanol–water partition coefficient (Wildman–Crippen LogP) is 1.68. The number of likely N-dealkylation sites (tertiary alicyclic amines) is 1. The number of esters is 1. The number of hydrogen-bond acceptors (Lipinski definition) is 4. The molecule has 1 aliphatic heterocycles. The number of carbonyl (C=O) groups excluding carboxylic acids is 1. The van der Waals surface area contributed by atoms with Crippen molar-refractivity contribution in [1.29, 1.82) is 0 Å². The van der Waals surface area contributed by atoms with Crippen molar-refractivity contribution in [3.63, 3.8) is 0 Å². The zero-order chi connectivity index (χ0) is 15.5. The first kappa shape index (κ1) is 15.5. The lowest BCUT2D eigenvalue weighted by Crippen LogP contribution is -2.25. The molecule has 114 valence electrons. The molecule has 0 N–H and O–H groups in total. The van der Waals surface area contributed by atoms with Gasteiger partial charge in [0.1, 0.15) is 5.84 Å². The number of methoxy groups -OCH3 is 1. The van der Waals surface area contributed by atoms with Crippen molar-refractivity contribution in [2.75, 3.05) is 20.2 Å². The molecule has 0 spiro atoms. The molecule has 0 amide bonds. The van der Waals surface area contributed by atoms with Gasteiger partial charge in [-0.25, -0.2) is 4.79 Å². The molecule has 1 fully saturated rings. The van der Waals surface area contributed by atoms with E-state index in [1.807, 2.05) is 11.8 Å². The van der Waals surface area contributed by atoms with E-state index in [2.05, 4.69) is 9.13 Å². The summed E-state index contributed by atoms with van der Waals surface area (Å²) in [5.41, 5.74) is 0.306. The van der Waals surface area contributed by atoms with Crippen LogP contribution in [0.4, 0.5) is 0 Å². The highest BCUT2D eigenvalue weighted by atomic mass is 32.2. The molecular formula is C14H18N2O4S. The maximum Gasteiger partial charge on any atom is 0.337 e. The summed E-state index contributed by atoms with van der Waals surface area (Å²) >= 11 is 0. The first-order valence-electron chi connectivity index (χ1n) is 6.75. The van der Waals surface area contributed by atoms with E-state index < -0.39 is 16.0 Å². The highest BCUT2D eigenvalue weighted by Gasteiger charge is 2.21. The van der Waals surface area contributed by atoms with E-state index >= 15 is 0 Å². The van der Waals surface area contributed by atoms with E-state index in [0.29, 0.717) is 17.8 Å². The molecule has 7 heteroatoms. The Balaban J connectivity index is 2.28. The molecular weight excluding hydrogens is 292 g/mol. The van der Waals surface area contributed by atoms with Gasteiger partial charge in [-0.2, -0.15) is 8.42 Å². The van der Waals surface area contributed by atoms with Crippen LogP contribution in [0.2, 0.25) is 0 Å². The largest absolute Gasteiger partial charge is 0.465 e. The Labute approximate surface area is 124 Å². The Morgan fingerprint density at radius 2 is 2.00 bits per heavy atom. The number of rotatable bonds is 4. The van der Waals surface area contributed by atoms with E-state index in [4.69, 9.17) is 0 Å². The van der Waals surface area contributed by atoms with Gasteiger partial charge in [0, 0.05) is 19.5 Å². The van der Waals surface area contributed by atoms with Gasteiger partial charge in [0.15, 0.2) is 0 Å². The van der Waals surface area contributed by atoms with E-state index in [1.165, 1.54) is 31.4 Å². The van der Waals surface area contributed by atoms with Crippen LogP contribution in [0.5, 0.6) is 0 Å². The maximum atomic E-state index is 12.3. The maximum absolute atomic E-state index is 12.3. The van der Waals surface area contributed by atoms with E-state index in [0.717, 1.165) is 19.5 Å². The van der Waals surface area contributed by atoms with Gasteiger partial charge in [-0.05, 0) is 37.6 Å². The van der Waals surface area contributed by atoms with Crippen LogP contribution in [0.1, 0.15) is 30.1 Å². The van der Waals surface area contributed by atoms with Crippen LogP contribution < -0.4 is 0 Å². The highest BCUT2D eigenvalue weighted by Crippen LogP contribution is 2.18. The Morgan fingerprint density at radius 1 is 1.33 bits per heavy atom. The number of hydrogen-bond donors (Lipinski definition) is 0. The molecule has 0 bridgehead atoms. The molecule has 0 aromatic heterocycles. The van der Waals surface area contributed by atoms with Crippen LogP contribution in [-0.4, -0.2) is 45.3 Å². The minimum atomic E-state index is -3.74. The van der Waals surface area contributed by atoms with Crippen molar-refractivity contribution in [2.24, 2.45) is 4.40 Å².